The van der Waals surface area contributed by atoms with Gasteiger partial charge in [0, 0.05) is 31.3 Å². The van der Waals surface area contributed by atoms with E-state index >= 15 is 0 Å². The van der Waals surface area contributed by atoms with Crippen LogP contribution < -0.4 is 5.32 Å². The topological polar surface area (TPSA) is 55.6 Å². The zero-order valence-corrected chi connectivity index (χ0v) is 11.8. The fourth-order valence-corrected chi connectivity index (χ4v) is 2.09. The van der Waals surface area contributed by atoms with Gasteiger partial charge in [0.1, 0.15) is 5.82 Å². The molecule has 0 saturated heterocycles. The maximum absolute atomic E-state index is 4.42. The third-order valence-corrected chi connectivity index (χ3v) is 3.17. The smallest absolute Gasteiger partial charge is 0.145 e. The first-order chi connectivity index (χ1) is 9.20. The second-order valence-electron chi connectivity index (χ2n) is 4.71. The molecule has 19 heavy (non-hydrogen) atoms. The molecule has 102 valence electrons. The highest BCUT2D eigenvalue weighted by atomic mass is 15.2. The molecule has 2 rings (SSSR count). The van der Waals surface area contributed by atoms with E-state index in [4.69, 9.17) is 0 Å². The molecule has 0 spiro atoms. The van der Waals surface area contributed by atoms with Gasteiger partial charge in [-0.3, -0.25) is 4.68 Å². The molecule has 2 heterocycles. The number of aryl methyl sites for hydroxylation is 3. The van der Waals surface area contributed by atoms with Crippen LogP contribution in [0.15, 0.2) is 24.7 Å². The summed E-state index contributed by atoms with van der Waals surface area (Å²) in [6.45, 7) is 5.01. The summed E-state index contributed by atoms with van der Waals surface area (Å²) in [6, 6.07) is 2.25. The Morgan fingerprint density at radius 1 is 1.32 bits per heavy atom. The molecule has 2 aromatic heterocycles. The Morgan fingerprint density at radius 2 is 2.05 bits per heavy atom. The Labute approximate surface area is 114 Å². The molecule has 0 bridgehead atoms. The van der Waals surface area contributed by atoms with Crippen molar-refractivity contribution < 1.29 is 0 Å². The van der Waals surface area contributed by atoms with Gasteiger partial charge in [-0.1, -0.05) is 6.92 Å². The van der Waals surface area contributed by atoms with E-state index in [-0.39, 0.29) is 6.04 Å². The first kappa shape index (κ1) is 13.7. The Morgan fingerprint density at radius 3 is 2.63 bits per heavy atom. The van der Waals surface area contributed by atoms with Crippen molar-refractivity contribution in [1.29, 1.82) is 0 Å². The highest BCUT2D eigenvalue weighted by Gasteiger charge is 2.14. The van der Waals surface area contributed by atoms with Crippen LogP contribution in [0.25, 0.3) is 0 Å². The van der Waals surface area contributed by atoms with E-state index in [9.17, 15) is 0 Å². The van der Waals surface area contributed by atoms with E-state index in [1.54, 1.807) is 0 Å². The number of aromatic nitrogens is 4. The van der Waals surface area contributed by atoms with E-state index in [1.165, 1.54) is 5.69 Å². The minimum Gasteiger partial charge on any atom is -0.308 e. The summed E-state index contributed by atoms with van der Waals surface area (Å²) in [5.41, 5.74) is 2.32. The molecule has 0 aliphatic carbocycles. The van der Waals surface area contributed by atoms with Crippen LogP contribution in [0, 0.1) is 6.92 Å². The van der Waals surface area contributed by atoms with Gasteiger partial charge in [-0.05, 0) is 37.9 Å². The average molecular weight is 259 g/mol. The van der Waals surface area contributed by atoms with Crippen molar-refractivity contribution in [1.82, 2.24) is 25.1 Å². The monoisotopic (exact) mass is 259 g/mol. The maximum atomic E-state index is 4.42. The second kappa shape index (κ2) is 6.43. The molecule has 0 aliphatic heterocycles. The molecular formula is C14H21N5. The van der Waals surface area contributed by atoms with E-state index in [0.717, 1.165) is 30.8 Å². The molecule has 5 heteroatoms. The number of nitrogens with one attached hydrogen (secondary N) is 1. The Hall–Kier alpha value is -1.75. The summed E-state index contributed by atoms with van der Waals surface area (Å²) >= 11 is 0. The molecule has 0 amide bonds. The van der Waals surface area contributed by atoms with Crippen LogP contribution >= 0.6 is 0 Å². The summed E-state index contributed by atoms with van der Waals surface area (Å²) < 4.78 is 1.92. The van der Waals surface area contributed by atoms with Gasteiger partial charge >= 0.3 is 0 Å². The van der Waals surface area contributed by atoms with Crippen LogP contribution in [0.4, 0.5) is 0 Å². The highest BCUT2D eigenvalue weighted by Crippen LogP contribution is 2.15. The van der Waals surface area contributed by atoms with Gasteiger partial charge in [0.2, 0.25) is 0 Å². The van der Waals surface area contributed by atoms with Gasteiger partial charge in [0.25, 0.3) is 0 Å². The predicted octanol–water partition coefficient (Wildman–Crippen LogP) is 1.80. The Bertz CT molecular complexity index is 503. The fourth-order valence-electron chi connectivity index (χ4n) is 2.09. The number of rotatable bonds is 6. The lowest BCUT2D eigenvalue weighted by atomic mass is 10.1. The normalized spacial score (nSPS) is 12.6. The highest BCUT2D eigenvalue weighted by molar-refractivity contribution is 5.06. The van der Waals surface area contributed by atoms with Crippen LogP contribution in [0.5, 0.6) is 0 Å². The number of hydrogen-bond donors (Lipinski definition) is 1. The standard InChI is InChI=1S/C14H21N5/c1-4-15-13(14-16-9-11(2)10-17-14)6-5-12-7-8-18-19(12)3/h7-10,13,15H,4-6H2,1-3H3. The molecule has 5 nitrogen and oxygen atoms in total. The van der Waals surface area contributed by atoms with Crippen molar-refractivity contribution in [2.24, 2.45) is 7.05 Å². The zero-order chi connectivity index (χ0) is 13.7. The summed E-state index contributed by atoms with van der Waals surface area (Å²) in [4.78, 5) is 8.85. The van der Waals surface area contributed by atoms with E-state index in [0.29, 0.717) is 0 Å². The van der Waals surface area contributed by atoms with Gasteiger partial charge in [0.05, 0.1) is 6.04 Å². The van der Waals surface area contributed by atoms with Gasteiger partial charge in [-0.2, -0.15) is 5.10 Å². The third kappa shape index (κ3) is 3.61. The van der Waals surface area contributed by atoms with Crippen LogP contribution in [0.3, 0.4) is 0 Å². The minimum absolute atomic E-state index is 0.195. The minimum atomic E-state index is 0.195. The molecule has 0 fully saturated rings. The first-order valence-corrected chi connectivity index (χ1v) is 6.69. The summed E-state index contributed by atoms with van der Waals surface area (Å²) in [7, 11) is 1.97. The average Bonchev–Trinajstić information content (AvgIpc) is 2.81. The molecule has 1 atom stereocenters. The summed E-state index contributed by atoms with van der Waals surface area (Å²) in [6.07, 6.45) is 7.51. The second-order valence-corrected chi connectivity index (χ2v) is 4.71. The molecular weight excluding hydrogens is 238 g/mol. The van der Waals surface area contributed by atoms with E-state index in [1.807, 2.05) is 37.2 Å². The van der Waals surface area contributed by atoms with Crippen molar-refractivity contribution in [3.05, 3.63) is 41.7 Å². The van der Waals surface area contributed by atoms with E-state index in [2.05, 4.69) is 33.4 Å². The maximum Gasteiger partial charge on any atom is 0.145 e. The Balaban J connectivity index is 2.04. The van der Waals surface area contributed by atoms with Gasteiger partial charge in [0.15, 0.2) is 0 Å². The molecule has 2 aromatic rings. The van der Waals surface area contributed by atoms with Crippen molar-refractivity contribution >= 4 is 0 Å². The molecule has 0 saturated carbocycles. The largest absolute Gasteiger partial charge is 0.308 e. The SMILES string of the molecule is CCNC(CCc1ccnn1C)c1ncc(C)cn1. The van der Waals surface area contributed by atoms with Crippen LogP contribution in [-0.2, 0) is 13.5 Å². The van der Waals surface area contributed by atoms with Gasteiger partial charge < -0.3 is 5.32 Å². The van der Waals surface area contributed by atoms with Crippen molar-refractivity contribution in [3.63, 3.8) is 0 Å². The van der Waals surface area contributed by atoms with Crippen LogP contribution in [-0.4, -0.2) is 26.3 Å². The number of hydrogen-bond acceptors (Lipinski definition) is 4. The summed E-state index contributed by atoms with van der Waals surface area (Å²) in [5, 5.41) is 7.64. The summed E-state index contributed by atoms with van der Waals surface area (Å²) in [5.74, 6) is 0.870. The van der Waals surface area contributed by atoms with Crippen LogP contribution in [0.1, 0.15) is 36.5 Å². The molecule has 1 unspecified atom stereocenters. The molecule has 0 radical (unpaired) electrons. The molecule has 1 N–H and O–H groups in total. The molecule has 0 aromatic carbocycles. The third-order valence-electron chi connectivity index (χ3n) is 3.17. The predicted molar refractivity (Wildman–Crippen MR) is 74.7 cm³/mol. The fraction of sp³-hybridized carbons (Fsp3) is 0.500. The van der Waals surface area contributed by atoms with E-state index < -0.39 is 0 Å². The van der Waals surface area contributed by atoms with Crippen molar-refractivity contribution in [3.8, 4) is 0 Å². The lowest BCUT2D eigenvalue weighted by molar-refractivity contribution is 0.482. The van der Waals surface area contributed by atoms with Crippen molar-refractivity contribution in [2.75, 3.05) is 6.54 Å². The lowest BCUT2D eigenvalue weighted by Crippen LogP contribution is -2.23. The van der Waals surface area contributed by atoms with Crippen molar-refractivity contribution in [2.45, 2.75) is 32.7 Å². The Kier molecular flexibility index (Phi) is 4.63. The zero-order valence-electron chi connectivity index (χ0n) is 11.8. The number of nitrogens with zero attached hydrogens (tertiary/aromatic N) is 4. The van der Waals surface area contributed by atoms with Gasteiger partial charge in [-0.25, -0.2) is 9.97 Å². The lowest BCUT2D eigenvalue weighted by Gasteiger charge is -2.16. The molecule has 0 aliphatic rings. The van der Waals surface area contributed by atoms with Gasteiger partial charge in [-0.15, -0.1) is 0 Å². The first-order valence-electron chi connectivity index (χ1n) is 6.69. The van der Waals surface area contributed by atoms with Crippen LogP contribution in [0.2, 0.25) is 0 Å². The quantitative estimate of drug-likeness (QED) is 0.859.